The van der Waals surface area contributed by atoms with Crippen molar-refractivity contribution in [2.24, 2.45) is 16.6 Å². The summed E-state index contributed by atoms with van der Waals surface area (Å²) in [5, 5.41) is 3.22. The first kappa shape index (κ1) is 13.4. The first-order chi connectivity index (χ1) is 9.81. The molecule has 3 rings (SSSR count). The van der Waals surface area contributed by atoms with Crippen LogP contribution in [0.5, 0.6) is 0 Å². The zero-order valence-electron chi connectivity index (χ0n) is 12.1. The van der Waals surface area contributed by atoms with E-state index in [1.165, 1.54) is 49.8 Å². The zero-order valence-corrected chi connectivity index (χ0v) is 12.1. The fourth-order valence-corrected chi connectivity index (χ4v) is 2.88. The van der Waals surface area contributed by atoms with Gasteiger partial charge in [-0.3, -0.25) is 4.98 Å². The van der Waals surface area contributed by atoms with Crippen LogP contribution >= 0.6 is 0 Å². The Kier molecular flexibility index (Phi) is 4.19. The standard InChI is InChI=1S/C16H24N4/c17-16(18-10-12-4-3-5-12)19-11-14-9-8-13-6-1-2-7-15(13)20-14/h8-9,12H,1-7,10-11H2,(H3,17,18,19). The van der Waals surface area contributed by atoms with Crippen molar-refractivity contribution in [2.45, 2.75) is 51.5 Å². The van der Waals surface area contributed by atoms with Gasteiger partial charge >= 0.3 is 0 Å². The molecular weight excluding hydrogens is 248 g/mol. The number of hydrogen-bond acceptors (Lipinski definition) is 2. The molecule has 0 saturated heterocycles. The van der Waals surface area contributed by atoms with Gasteiger partial charge in [0.25, 0.3) is 0 Å². The summed E-state index contributed by atoms with van der Waals surface area (Å²) in [6.45, 7) is 1.55. The summed E-state index contributed by atoms with van der Waals surface area (Å²) in [5.41, 5.74) is 9.61. The molecule has 3 N–H and O–H groups in total. The van der Waals surface area contributed by atoms with Crippen LogP contribution in [0.4, 0.5) is 0 Å². The molecule has 2 aliphatic rings. The molecule has 0 radical (unpaired) electrons. The average molecular weight is 272 g/mol. The monoisotopic (exact) mass is 272 g/mol. The lowest BCUT2D eigenvalue weighted by Gasteiger charge is -2.25. The second-order valence-corrected chi connectivity index (χ2v) is 5.99. The summed E-state index contributed by atoms with van der Waals surface area (Å²) in [4.78, 5) is 9.11. The van der Waals surface area contributed by atoms with Crippen LogP contribution < -0.4 is 11.1 Å². The fourth-order valence-electron chi connectivity index (χ4n) is 2.88. The van der Waals surface area contributed by atoms with Crippen molar-refractivity contribution in [1.29, 1.82) is 0 Å². The number of fused-ring (bicyclic) bond motifs is 1. The lowest BCUT2D eigenvalue weighted by Crippen LogP contribution is -2.37. The SMILES string of the molecule is NC(=NCc1ccc2c(n1)CCCC2)NCC1CCC1. The largest absolute Gasteiger partial charge is 0.370 e. The highest BCUT2D eigenvalue weighted by molar-refractivity contribution is 5.77. The van der Waals surface area contributed by atoms with E-state index in [1.807, 2.05) is 0 Å². The van der Waals surface area contributed by atoms with Crippen LogP contribution in [0.15, 0.2) is 17.1 Å². The number of hydrogen-bond donors (Lipinski definition) is 2. The smallest absolute Gasteiger partial charge is 0.188 e. The maximum Gasteiger partial charge on any atom is 0.188 e. The molecule has 0 atom stereocenters. The summed E-state index contributed by atoms with van der Waals surface area (Å²) in [6.07, 6.45) is 8.86. The summed E-state index contributed by atoms with van der Waals surface area (Å²) < 4.78 is 0. The number of rotatable bonds is 4. The molecule has 20 heavy (non-hydrogen) atoms. The summed E-state index contributed by atoms with van der Waals surface area (Å²) in [6, 6.07) is 4.30. The highest BCUT2D eigenvalue weighted by Crippen LogP contribution is 2.25. The normalized spacial score (nSPS) is 19.3. The van der Waals surface area contributed by atoms with E-state index in [1.54, 1.807) is 0 Å². The lowest BCUT2D eigenvalue weighted by molar-refractivity contribution is 0.315. The number of pyridine rings is 1. The number of aromatic nitrogens is 1. The van der Waals surface area contributed by atoms with Crippen molar-refractivity contribution in [3.05, 3.63) is 29.1 Å². The minimum Gasteiger partial charge on any atom is -0.370 e. The third-order valence-corrected chi connectivity index (χ3v) is 4.44. The molecule has 0 aliphatic heterocycles. The van der Waals surface area contributed by atoms with Gasteiger partial charge in [0.1, 0.15) is 0 Å². The van der Waals surface area contributed by atoms with Crippen LogP contribution in [0, 0.1) is 5.92 Å². The zero-order chi connectivity index (χ0) is 13.8. The molecule has 1 aromatic heterocycles. The quantitative estimate of drug-likeness (QED) is 0.652. The third-order valence-electron chi connectivity index (χ3n) is 4.44. The maximum atomic E-state index is 5.90. The molecule has 0 unspecified atom stereocenters. The van der Waals surface area contributed by atoms with Crippen molar-refractivity contribution < 1.29 is 0 Å². The van der Waals surface area contributed by atoms with Crippen LogP contribution in [-0.2, 0) is 19.4 Å². The molecule has 0 aromatic carbocycles. The Morgan fingerprint density at radius 2 is 2.10 bits per heavy atom. The van der Waals surface area contributed by atoms with Crippen LogP contribution in [-0.4, -0.2) is 17.5 Å². The average Bonchev–Trinajstić information content (AvgIpc) is 2.43. The molecule has 1 aromatic rings. The number of aryl methyl sites for hydroxylation is 2. The molecular formula is C16H24N4. The fraction of sp³-hybridized carbons (Fsp3) is 0.625. The summed E-state index contributed by atoms with van der Waals surface area (Å²) in [5.74, 6) is 1.35. The highest BCUT2D eigenvalue weighted by Gasteiger charge is 2.16. The van der Waals surface area contributed by atoms with Gasteiger partial charge in [0, 0.05) is 12.2 Å². The molecule has 1 heterocycles. The number of nitrogens with one attached hydrogen (secondary N) is 1. The molecule has 108 valence electrons. The van der Waals surface area contributed by atoms with Gasteiger partial charge < -0.3 is 11.1 Å². The van der Waals surface area contributed by atoms with Crippen molar-refractivity contribution in [3.8, 4) is 0 Å². The Labute approximate surface area is 120 Å². The predicted octanol–water partition coefficient (Wildman–Crippen LogP) is 2.16. The third kappa shape index (κ3) is 3.30. The van der Waals surface area contributed by atoms with E-state index in [0.717, 1.165) is 24.6 Å². The van der Waals surface area contributed by atoms with Gasteiger partial charge in [-0.05, 0) is 56.1 Å². The summed E-state index contributed by atoms with van der Waals surface area (Å²) in [7, 11) is 0. The first-order valence-electron chi connectivity index (χ1n) is 7.83. The van der Waals surface area contributed by atoms with Gasteiger partial charge in [-0.1, -0.05) is 12.5 Å². The van der Waals surface area contributed by atoms with E-state index in [9.17, 15) is 0 Å². The highest BCUT2D eigenvalue weighted by atomic mass is 15.1. The van der Waals surface area contributed by atoms with E-state index < -0.39 is 0 Å². The lowest BCUT2D eigenvalue weighted by atomic mass is 9.85. The van der Waals surface area contributed by atoms with E-state index >= 15 is 0 Å². The molecule has 4 heteroatoms. The predicted molar refractivity (Wildman–Crippen MR) is 81.5 cm³/mol. The molecule has 2 aliphatic carbocycles. The van der Waals surface area contributed by atoms with Crippen molar-refractivity contribution in [2.75, 3.05) is 6.54 Å². The van der Waals surface area contributed by atoms with Gasteiger partial charge in [-0.25, -0.2) is 4.99 Å². The van der Waals surface area contributed by atoms with Gasteiger partial charge in [0.15, 0.2) is 5.96 Å². The van der Waals surface area contributed by atoms with Gasteiger partial charge in [-0.15, -0.1) is 0 Å². The van der Waals surface area contributed by atoms with Gasteiger partial charge in [0.2, 0.25) is 0 Å². The van der Waals surface area contributed by atoms with E-state index in [-0.39, 0.29) is 0 Å². The Morgan fingerprint density at radius 1 is 1.25 bits per heavy atom. The Bertz CT molecular complexity index is 491. The van der Waals surface area contributed by atoms with Crippen LogP contribution in [0.3, 0.4) is 0 Å². The second-order valence-electron chi connectivity index (χ2n) is 5.99. The molecule has 1 fully saturated rings. The van der Waals surface area contributed by atoms with E-state index in [2.05, 4.69) is 22.4 Å². The number of nitrogens with two attached hydrogens (primary N) is 1. The molecule has 0 amide bonds. The molecule has 0 bridgehead atoms. The Morgan fingerprint density at radius 3 is 2.90 bits per heavy atom. The van der Waals surface area contributed by atoms with Crippen molar-refractivity contribution in [3.63, 3.8) is 0 Å². The molecule has 4 nitrogen and oxygen atoms in total. The van der Waals surface area contributed by atoms with Crippen molar-refractivity contribution >= 4 is 5.96 Å². The van der Waals surface area contributed by atoms with Crippen LogP contribution in [0.25, 0.3) is 0 Å². The van der Waals surface area contributed by atoms with Crippen molar-refractivity contribution in [1.82, 2.24) is 10.3 Å². The minimum absolute atomic E-state index is 0.552. The minimum atomic E-state index is 0.552. The van der Waals surface area contributed by atoms with E-state index in [4.69, 9.17) is 10.7 Å². The Balaban J connectivity index is 1.53. The summed E-state index contributed by atoms with van der Waals surface area (Å²) >= 11 is 0. The number of guanidine groups is 1. The first-order valence-corrected chi connectivity index (χ1v) is 7.83. The van der Waals surface area contributed by atoms with E-state index in [0.29, 0.717) is 12.5 Å². The molecule has 1 saturated carbocycles. The maximum absolute atomic E-state index is 5.90. The topological polar surface area (TPSA) is 63.3 Å². The van der Waals surface area contributed by atoms with Gasteiger partial charge in [-0.2, -0.15) is 0 Å². The number of nitrogens with zero attached hydrogens (tertiary/aromatic N) is 2. The van der Waals surface area contributed by atoms with Gasteiger partial charge in [0.05, 0.1) is 12.2 Å². The van der Waals surface area contributed by atoms with Crippen LogP contribution in [0.1, 0.15) is 49.1 Å². The second kappa shape index (κ2) is 6.25. The molecule has 0 spiro atoms. The van der Waals surface area contributed by atoms with Crippen LogP contribution in [0.2, 0.25) is 0 Å². The number of aliphatic imine (C=N–C) groups is 1. The Hall–Kier alpha value is -1.58.